The smallest absolute Gasteiger partial charge is 0.240 e. The second kappa shape index (κ2) is 9.56. The Morgan fingerprint density at radius 1 is 1.04 bits per heavy atom. The molecular formula is C17H14BrCl2N3O2. The number of anilines is 1. The number of amides is 2. The molecule has 0 saturated carbocycles. The van der Waals surface area contributed by atoms with Gasteiger partial charge in [-0.05, 0) is 35.9 Å². The third-order valence-corrected chi connectivity index (χ3v) is 4.15. The van der Waals surface area contributed by atoms with Crippen LogP contribution in [0.2, 0.25) is 10.0 Å². The number of benzene rings is 2. The number of rotatable bonds is 6. The fraction of sp³-hybridized carbons (Fsp3) is 0.118. The van der Waals surface area contributed by atoms with Gasteiger partial charge in [-0.25, -0.2) is 5.43 Å². The molecule has 0 spiro atoms. The van der Waals surface area contributed by atoms with Gasteiger partial charge in [-0.1, -0.05) is 51.3 Å². The Balaban J connectivity index is 1.76. The van der Waals surface area contributed by atoms with Crippen molar-refractivity contribution in [2.75, 3.05) is 5.32 Å². The van der Waals surface area contributed by atoms with E-state index < -0.39 is 0 Å². The van der Waals surface area contributed by atoms with Crippen molar-refractivity contribution in [3.8, 4) is 0 Å². The average Bonchev–Trinajstić information content (AvgIpc) is 2.58. The van der Waals surface area contributed by atoms with E-state index in [-0.39, 0.29) is 24.7 Å². The lowest BCUT2D eigenvalue weighted by molar-refractivity contribution is -0.124. The first-order valence-electron chi connectivity index (χ1n) is 7.26. The molecule has 2 N–H and O–H groups in total. The minimum atomic E-state index is -0.360. The van der Waals surface area contributed by atoms with Gasteiger partial charge in [-0.2, -0.15) is 5.10 Å². The van der Waals surface area contributed by atoms with E-state index in [1.807, 2.05) is 24.3 Å². The van der Waals surface area contributed by atoms with E-state index in [9.17, 15) is 9.59 Å². The van der Waals surface area contributed by atoms with Gasteiger partial charge in [0.2, 0.25) is 11.8 Å². The molecule has 2 aromatic carbocycles. The molecule has 25 heavy (non-hydrogen) atoms. The molecule has 8 heteroatoms. The molecule has 0 aliphatic rings. The summed E-state index contributed by atoms with van der Waals surface area (Å²) in [5.41, 5.74) is 3.63. The third-order valence-electron chi connectivity index (χ3n) is 3.05. The van der Waals surface area contributed by atoms with Crippen molar-refractivity contribution in [2.24, 2.45) is 5.10 Å². The van der Waals surface area contributed by atoms with E-state index in [1.165, 1.54) is 6.21 Å². The van der Waals surface area contributed by atoms with E-state index in [1.54, 1.807) is 18.2 Å². The van der Waals surface area contributed by atoms with Crippen LogP contribution in [0.1, 0.15) is 18.4 Å². The summed E-state index contributed by atoms with van der Waals surface area (Å²) in [5.74, 6) is -0.697. The van der Waals surface area contributed by atoms with Gasteiger partial charge < -0.3 is 5.32 Å². The van der Waals surface area contributed by atoms with Crippen molar-refractivity contribution in [1.82, 2.24) is 5.43 Å². The number of hydrogen-bond acceptors (Lipinski definition) is 3. The molecule has 130 valence electrons. The Hall–Kier alpha value is -1.89. The fourth-order valence-corrected chi connectivity index (χ4v) is 2.42. The summed E-state index contributed by atoms with van der Waals surface area (Å²) in [6.07, 6.45) is 1.53. The second-order valence-corrected chi connectivity index (χ2v) is 6.78. The zero-order chi connectivity index (χ0) is 18.2. The first-order chi connectivity index (χ1) is 11.9. The van der Waals surface area contributed by atoms with E-state index in [2.05, 4.69) is 31.8 Å². The lowest BCUT2D eigenvalue weighted by Crippen LogP contribution is -2.20. The fourth-order valence-electron chi connectivity index (χ4n) is 1.82. The molecule has 0 aromatic heterocycles. The first kappa shape index (κ1) is 19.4. The van der Waals surface area contributed by atoms with Crippen LogP contribution in [0.5, 0.6) is 0 Å². The van der Waals surface area contributed by atoms with Crippen LogP contribution in [-0.2, 0) is 9.59 Å². The highest BCUT2D eigenvalue weighted by molar-refractivity contribution is 9.10. The summed E-state index contributed by atoms with van der Waals surface area (Å²) in [4.78, 5) is 23.6. The predicted octanol–water partition coefficient (Wildman–Crippen LogP) is 4.62. The molecule has 0 unspecified atom stereocenters. The van der Waals surface area contributed by atoms with Crippen molar-refractivity contribution in [1.29, 1.82) is 0 Å². The number of hydrogen-bond donors (Lipinski definition) is 2. The summed E-state index contributed by atoms with van der Waals surface area (Å²) < 4.78 is 0.958. The molecule has 2 rings (SSSR count). The maximum atomic E-state index is 11.9. The van der Waals surface area contributed by atoms with Crippen LogP contribution in [0, 0.1) is 0 Å². The Kier molecular flexibility index (Phi) is 7.43. The number of halogens is 3. The predicted molar refractivity (Wildman–Crippen MR) is 104 cm³/mol. The number of nitrogens with one attached hydrogen (secondary N) is 2. The van der Waals surface area contributed by atoms with Gasteiger partial charge in [-0.15, -0.1) is 0 Å². The summed E-state index contributed by atoms with van der Waals surface area (Å²) in [7, 11) is 0. The van der Waals surface area contributed by atoms with Crippen LogP contribution in [0.4, 0.5) is 5.69 Å². The van der Waals surface area contributed by atoms with Crippen LogP contribution < -0.4 is 10.7 Å². The van der Waals surface area contributed by atoms with Crippen molar-refractivity contribution < 1.29 is 9.59 Å². The summed E-state index contributed by atoms with van der Waals surface area (Å²) >= 11 is 15.2. The zero-order valence-electron chi connectivity index (χ0n) is 12.9. The number of nitrogens with zero attached hydrogens (tertiary/aromatic N) is 1. The molecule has 0 aliphatic carbocycles. The number of hydrazone groups is 1. The molecule has 0 bridgehead atoms. The number of carbonyl (C=O) groups excluding carboxylic acids is 2. The average molecular weight is 443 g/mol. The van der Waals surface area contributed by atoms with Crippen molar-refractivity contribution in [3.05, 3.63) is 62.5 Å². The molecule has 5 nitrogen and oxygen atoms in total. The summed E-state index contributed by atoms with van der Waals surface area (Å²) in [6, 6.07) is 12.2. The number of carbonyl (C=O) groups is 2. The molecule has 0 heterocycles. The van der Waals surface area contributed by atoms with Crippen molar-refractivity contribution >= 4 is 62.8 Å². The Morgan fingerprint density at radius 3 is 2.44 bits per heavy atom. The highest BCUT2D eigenvalue weighted by atomic mass is 79.9. The Labute approximate surface area is 163 Å². The van der Waals surface area contributed by atoms with E-state index >= 15 is 0 Å². The van der Waals surface area contributed by atoms with Crippen LogP contribution in [0.3, 0.4) is 0 Å². The molecule has 2 amide bonds. The molecule has 0 atom stereocenters. The largest absolute Gasteiger partial charge is 0.325 e. The van der Waals surface area contributed by atoms with Gasteiger partial charge in [0, 0.05) is 22.3 Å². The highest BCUT2D eigenvalue weighted by Gasteiger charge is 2.09. The molecule has 0 aliphatic heterocycles. The third kappa shape index (κ3) is 6.86. The van der Waals surface area contributed by atoms with Gasteiger partial charge in [-0.3, -0.25) is 9.59 Å². The quantitative estimate of drug-likeness (QED) is 0.505. The van der Waals surface area contributed by atoms with Crippen LogP contribution in [0.25, 0.3) is 0 Å². The Morgan fingerprint density at radius 2 is 1.72 bits per heavy atom. The maximum Gasteiger partial charge on any atom is 0.240 e. The highest BCUT2D eigenvalue weighted by Crippen LogP contribution is 2.25. The monoisotopic (exact) mass is 441 g/mol. The van der Waals surface area contributed by atoms with Crippen LogP contribution in [-0.4, -0.2) is 18.0 Å². The topological polar surface area (TPSA) is 70.6 Å². The van der Waals surface area contributed by atoms with Gasteiger partial charge >= 0.3 is 0 Å². The molecule has 0 fully saturated rings. The lowest BCUT2D eigenvalue weighted by atomic mass is 10.2. The molecular weight excluding hydrogens is 429 g/mol. The molecule has 2 aromatic rings. The molecule has 0 saturated heterocycles. The minimum Gasteiger partial charge on any atom is -0.325 e. The van der Waals surface area contributed by atoms with Gasteiger partial charge in [0.1, 0.15) is 0 Å². The van der Waals surface area contributed by atoms with Crippen molar-refractivity contribution in [2.45, 2.75) is 12.8 Å². The maximum absolute atomic E-state index is 11.9. The van der Waals surface area contributed by atoms with Crippen molar-refractivity contribution in [3.63, 3.8) is 0 Å². The van der Waals surface area contributed by atoms with E-state index in [4.69, 9.17) is 23.2 Å². The SMILES string of the molecule is O=C(CCC(=O)Nc1cc(Cl)ccc1Cl)NN=Cc1ccc(Br)cc1. The van der Waals surface area contributed by atoms with Crippen LogP contribution >= 0.6 is 39.1 Å². The Bertz CT molecular complexity index is 795. The van der Waals surface area contributed by atoms with Gasteiger partial charge in [0.05, 0.1) is 16.9 Å². The van der Waals surface area contributed by atoms with Gasteiger partial charge in [0.15, 0.2) is 0 Å². The second-order valence-electron chi connectivity index (χ2n) is 5.02. The van der Waals surface area contributed by atoms with Gasteiger partial charge in [0.25, 0.3) is 0 Å². The zero-order valence-corrected chi connectivity index (χ0v) is 16.0. The van der Waals surface area contributed by atoms with E-state index in [0.717, 1.165) is 10.0 Å². The molecule has 0 radical (unpaired) electrons. The lowest BCUT2D eigenvalue weighted by Gasteiger charge is -2.07. The minimum absolute atomic E-state index is 0.00168. The normalized spacial score (nSPS) is 10.7. The van der Waals surface area contributed by atoms with Crippen LogP contribution in [0.15, 0.2) is 52.0 Å². The summed E-state index contributed by atoms with van der Waals surface area (Å²) in [5, 5.41) is 7.30. The standard InChI is InChI=1S/C17H14BrCl2N3O2/c18-12-3-1-11(2-4-12)10-21-23-17(25)8-7-16(24)22-15-9-13(19)5-6-14(15)20/h1-6,9-10H,7-8H2,(H,22,24)(H,23,25). The first-order valence-corrected chi connectivity index (χ1v) is 8.81. The summed E-state index contributed by atoms with van der Waals surface area (Å²) in [6.45, 7) is 0. The van der Waals surface area contributed by atoms with E-state index in [0.29, 0.717) is 15.7 Å².